The van der Waals surface area contributed by atoms with Gasteiger partial charge in [-0.1, -0.05) is 71.1 Å². The predicted octanol–water partition coefficient (Wildman–Crippen LogP) is 5.69. The fraction of sp³-hybridized carbons (Fsp3) is 0.944. The van der Waals surface area contributed by atoms with Gasteiger partial charge in [0.25, 0.3) is 0 Å². The average Bonchev–Trinajstić information content (AvgIpc) is 2.46. The highest BCUT2D eigenvalue weighted by molar-refractivity contribution is 7.99. The maximum atomic E-state index is 10.6. The number of unbranched alkanes of at least 4 members (excludes halogenated alkanes) is 11. The van der Waals surface area contributed by atoms with Crippen LogP contribution >= 0.6 is 11.8 Å². The summed E-state index contributed by atoms with van der Waals surface area (Å²) in [4.78, 5) is 10.6. The van der Waals surface area contributed by atoms with Gasteiger partial charge in [-0.15, -0.1) is 0 Å². The van der Waals surface area contributed by atoms with Crippen molar-refractivity contribution in [3.63, 3.8) is 0 Å². The summed E-state index contributed by atoms with van der Waals surface area (Å²) in [6.07, 6.45) is 18.1. The van der Waals surface area contributed by atoms with E-state index < -0.39 is 0 Å². The van der Waals surface area contributed by atoms with Crippen LogP contribution in [0.1, 0.15) is 96.8 Å². The topological polar surface area (TPSA) is 43.1 Å². The minimum atomic E-state index is -0.159. The number of hydrogen-bond donors (Lipinski definition) is 1. The van der Waals surface area contributed by atoms with Crippen molar-refractivity contribution in [2.45, 2.75) is 96.8 Å². The fourth-order valence-electron chi connectivity index (χ4n) is 2.47. The zero-order valence-corrected chi connectivity index (χ0v) is 15.0. The first kappa shape index (κ1) is 20.8. The molecule has 0 atom stereocenters. The number of carbonyl (C=O) groups is 1. The molecule has 0 heterocycles. The quantitative estimate of drug-likeness (QED) is 0.351. The molecule has 21 heavy (non-hydrogen) atoms. The fourth-order valence-corrected chi connectivity index (χ4v) is 3.49. The van der Waals surface area contributed by atoms with Gasteiger partial charge in [-0.3, -0.25) is 4.79 Å². The Bertz CT molecular complexity index is 221. The van der Waals surface area contributed by atoms with Crippen LogP contribution in [0, 0.1) is 0 Å². The molecule has 0 aromatic heterocycles. The van der Waals surface area contributed by atoms with Crippen molar-refractivity contribution in [3.8, 4) is 0 Å². The van der Waals surface area contributed by atoms with Gasteiger partial charge in [-0.25, -0.2) is 0 Å². The summed E-state index contributed by atoms with van der Waals surface area (Å²) < 4.78 is 0. The van der Waals surface area contributed by atoms with Crippen LogP contribution in [-0.2, 0) is 4.79 Å². The second-order valence-corrected chi connectivity index (χ2v) is 7.30. The Morgan fingerprint density at radius 3 is 1.62 bits per heavy atom. The van der Waals surface area contributed by atoms with Crippen molar-refractivity contribution < 1.29 is 4.79 Å². The number of hydrogen-bond acceptors (Lipinski definition) is 2. The summed E-state index contributed by atoms with van der Waals surface area (Å²) in [5, 5.41) is 0. The predicted molar refractivity (Wildman–Crippen MR) is 96.8 cm³/mol. The number of primary amides is 1. The lowest BCUT2D eigenvalue weighted by Crippen LogP contribution is -2.09. The molecule has 2 N–H and O–H groups in total. The van der Waals surface area contributed by atoms with Crippen LogP contribution in [0.5, 0.6) is 0 Å². The lowest BCUT2D eigenvalue weighted by molar-refractivity contribution is -0.118. The van der Waals surface area contributed by atoms with Crippen LogP contribution in [-0.4, -0.2) is 17.4 Å². The number of thioether (sulfide) groups is 1. The summed E-state index contributed by atoms with van der Waals surface area (Å²) in [6, 6.07) is 0. The van der Waals surface area contributed by atoms with Crippen LogP contribution < -0.4 is 5.73 Å². The SMILES string of the molecule is CCCCCCCCCCCCSCCCCCC(N)=O. The second kappa shape index (κ2) is 17.9. The van der Waals surface area contributed by atoms with E-state index in [1.807, 2.05) is 0 Å². The minimum absolute atomic E-state index is 0.159. The van der Waals surface area contributed by atoms with Crippen LogP contribution in [0.15, 0.2) is 0 Å². The van der Waals surface area contributed by atoms with Gasteiger partial charge in [-0.2, -0.15) is 11.8 Å². The van der Waals surface area contributed by atoms with E-state index in [4.69, 9.17) is 5.73 Å². The molecule has 0 aliphatic heterocycles. The Kier molecular flexibility index (Phi) is 17.7. The molecule has 0 bridgehead atoms. The van der Waals surface area contributed by atoms with Crippen molar-refractivity contribution in [2.75, 3.05) is 11.5 Å². The van der Waals surface area contributed by atoms with E-state index in [9.17, 15) is 4.79 Å². The first-order chi connectivity index (χ1) is 10.3. The van der Waals surface area contributed by atoms with Crippen LogP contribution in [0.25, 0.3) is 0 Å². The Hall–Kier alpha value is -0.180. The Balaban J connectivity index is 2.95. The van der Waals surface area contributed by atoms with Gasteiger partial charge >= 0.3 is 0 Å². The van der Waals surface area contributed by atoms with Gasteiger partial charge in [0.2, 0.25) is 5.91 Å². The standard InChI is InChI=1S/C18H37NOS/c1-2-3-4-5-6-7-8-9-10-13-16-21-17-14-11-12-15-18(19)20/h2-17H2,1H3,(H2,19,20). The summed E-state index contributed by atoms with van der Waals surface area (Å²) in [7, 11) is 0. The van der Waals surface area contributed by atoms with E-state index in [0.717, 1.165) is 12.8 Å². The average molecular weight is 316 g/mol. The maximum absolute atomic E-state index is 10.6. The molecule has 1 amide bonds. The normalized spacial score (nSPS) is 10.9. The molecule has 0 unspecified atom stereocenters. The van der Waals surface area contributed by atoms with E-state index in [0.29, 0.717) is 6.42 Å². The molecule has 0 saturated carbocycles. The first-order valence-electron chi connectivity index (χ1n) is 9.13. The molecule has 0 spiro atoms. The van der Waals surface area contributed by atoms with Gasteiger partial charge in [0, 0.05) is 6.42 Å². The van der Waals surface area contributed by atoms with Crippen LogP contribution in [0.4, 0.5) is 0 Å². The number of nitrogens with two attached hydrogens (primary N) is 1. The largest absolute Gasteiger partial charge is 0.370 e. The summed E-state index contributed by atoms with van der Waals surface area (Å²) >= 11 is 2.07. The zero-order valence-electron chi connectivity index (χ0n) is 14.2. The number of rotatable bonds is 17. The van der Waals surface area contributed by atoms with E-state index >= 15 is 0 Å². The number of amides is 1. The molecule has 0 aliphatic carbocycles. The highest BCUT2D eigenvalue weighted by atomic mass is 32.2. The molecule has 2 nitrogen and oxygen atoms in total. The molecule has 0 saturated heterocycles. The summed E-state index contributed by atoms with van der Waals surface area (Å²) in [6.45, 7) is 2.28. The highest BCUT2D eigenvalue weighted by Crippen LogP contribution is 2.13. The monoisotopic (exact) mass is 315 g/mol. The molecule has 0 radical (unpaired) electrons. The Labute approximate surface area is 137 Å². The first-order valence-corrected chi connectivity index (χ1v) is 10.3. The van der Waals surface area contributed by atoms with Gasteiger partial charge in [0.15, 0.2) is 0 Å². The third-order valence-electron chi connectivity index (χ3n) is 3.85. The van der Waals surface area contributed by atoms with Gasteiger partial charge < -0.3 is 5.73 Å². The second-order valence-electron chi connectivity index (χ2n) is 6.07. The maximum Gasteiger partial charge on any atom is 0.217 e. The molecular weight excluding hydrogens is 278 g/mol. The third kappa shape index (κ3) is 19.8. The summed E-state index contributed by atoms with van der Waals surface area (Å²) in [5.41, 5.74) is 5.11. The Morgan fingerprint density at radius 2 is 1.14 bits per heavy atom. The van der Waals surface area contributed by atoms with Crippen molar-refractivity contribution in [1.29, 1.82) is 0 Å². The van der Waals surface area contributed by atoms with E-state index in [2.05, 4.69) is 18.7 Å². The zero-order chi connectivity index (χ0) is 15.6. The highest BCUT2D eigenvalue weighted by Gasteiger charge is 1.96. The number of carbonyl (C=O) groups excluding carboxylic acids is 1. The smallest absolute Gasteiger partial charge is 0.217 e. The molecule has 0 aromatic rings. The van der Waals surface area contributed by atoms with Gasteiger partial charge in [-0.05, 0) is 30.8 Å². The molecule has 0 aromatic carbocycles. The van der Waals surface area contributed by atoms with E-state index in [1.54, 1.807) is 0 Å². The van der Waals surface area contributed by atoms with Crippen molar-refractivity contribution in [3.05, 3.63) is 0 Å². The van der Waals surface area contributed by atoms with Crippen LogP contribution in [0.2, 0.25) is 0 Å². The summed E-state index contributed by atoms with van der Waals surface area (Å²) in [5.74, 6) is 2.40. The van der Waals surface area contributed by atoms with Crippen molar-refractivity contribution >= 4 is 17.7 Å². The molecule has 126 valence electrons. The Morgan fingerprint density at radius 1 is 0.714 bits per heavy atom. The third-order valence-corrected chi connectivity index (χ3v) is 5.01. The van der Waals surface area contributed by atoms with Gasteiger partial charge in [0.05, 0.1) is 0 Å². The molecule has 0 aliphatic rings. The van der Waals surface area contributed by atoms with Crippen molar-refractivity contribution in [1.82, 2.24) is 0 Å². The minimum Gasteiger partial charge on any atom is -0.370 e. The molecule has 3 heteroatoms. The van der Waals surface area contributed by atoms with Gasteiger partial charge in [0.1, 0.15) is 0 Å². The van der Waals surface area contributed by atoms with E-state index in [1.165, 1.54) is 82.1 Å². The lowest BCUT2D eigenvalue weighted by Gasteiger charge is -2.03. The van der Waals surface area contributed by atoms with Crippen LogP contribution in [0.3, 0.4) is 0 Å². The molecular formula is C18H37NOS. The molecule has 0 rings (SSSR count). The molecule has 0 fully saturated rings. The lowest BCUT2D eigenvalue weighted by atomic mass is 10.1. The van der Waals surface area contributed by atoms with Crippen molar-refractivity contribution in [2.24, 2.45) is 5.73 Å². The van der Waals surface area contributed by atoms with E-state index in [-0.39, 0.29) is 5.91 Å².